The predicted octanol–water partition coefficient (Wildman–Crippen LogP) is 4.48. The quantitative estimate of drug-likeness (QED) is 0.550. The molecule has 1 unspecified atom stereocenters. The minimum Gasteiger partial charge on any atom is -0.460 e. The Labute approximate surface area is 157 Å². The number of rotatable bonds is 6. The summed E-state index contributed by atoms with van der Waals surface area (Å²) in [5.41, 5.74) is 1.11. The molecule has 0 N–H and O–H groups in total. The lowest BCUT2D eigenvalue weighted by molar-refractivity contribution is -0.155. The van der Waals surface area contributed by atoms with Crippen molar-refractivity contribution in [3.63, 3.8) is 0 Å². The molecule has 26 heavy (non-hydrogen) atoms. The molecule has 6 heteroatoms. The van der Waals surface area contributed by atoms with Crippen LogP contribution >= 0.6 is 11.6 Å². The molecule has 2 aromatic rings. The van der Waals surface area contributed by atoms with Crippen LogP contribution in [0.2, 0.25) is 5.02 Å². The third-order valence-corrected chi connectivity index (χ3v) is 3.92. The van der Waals surface area contributed by atoms with E-state index >= 15 is 0 Å². The first-order chi connectivity index (χ1) is 12.2. The van der Waals surface area contributed by atoms with Crippen LogP contribution < -0.4 is 0 Å². The first-order valence-corrected chi connectivity index (χ1v) is 8.62. The molecule has 2 rings (SSSR count). The first-order valence-electron chi connectivity index (χ1n) is 8.24. The molecule has 0 fully saturated rings. The van der Waals surface area contributed by atoms with Crippen molar-refractivity contribution in [2.75, 3.05) is 0 Å². The van der Waals surface area contributed by atoms with Crippen molar-refractivity contribution in [1.29, 1.82) is 0 Å². The number of pyridine rings is 1. The molecule has 1 aromatic heterocycles. The van der Waals surface area contributed by atoms with E-state index in [0.29, 0.717) is 24.0 Å². The van der Waals surface area contributed by atoms with E-state index in [2.05, 4.69) is 4.98 Å². The molecule has 0 saturated carbocycles. The summed E-state index contributed by atoms with van der Waals surface area (Å²) in [4.78, 5) is 27.5. The zero-order valence-electron chi connectivity index (χ0n) is 15.0. The number of halogens is 2. The highest BCUT2D eigenvalue weighted by molar-refractivity contribution is 6.30. The highest BCUT2D eigenvalue weighted by atomic mass is 35.5. The van der Waals surface area contributed by atoms with E-state index in [4.69, 9.17) is 16.3 Å². The van der Waals surface area contributed by atoms with Gasteiger partial charge in [0.25, 0.3) is 0 Å². The summed E-state index contributed by atoms with van der Waals surface area (Å²) < 4.78 is 19.2. The highest BCUT2D eigenvalue weighted by Crippen LogP contribution is 2.22. The SMILES string of the molecule is CC(C)(C)OC(=O)CC(C=O)c1ccc(Cc2cccc(Cl)c2F)cn1. The van der Waals surface area contributed by atoms with Crippen molar-refractivity contribution < 1.29 is 18.7 Å². The van der Waals surface area contributed by atoms with Crippen LogP contribution in [-0.4, -0.2) is 22.8 Å². The molecule has 0 radical (unpaired) electrons. The van der Waals surface area contributed by atoms with Crippen LogP contribution in [0.25, 0.3) is 0 Å². The van der Waals surface area contributed by atoms with Gasteiger partial charge >= 0.3 is 5.97 Å². The standard InChI is InChI=1S/C20H21ClFNO3/c1-20(2,3)26-18(25)10-15(12-24)17-8-7-13(11-23-17)9-14-5-4-6-16(21)19(14)22/h4-8,11-12,15H,9-10H2,1-3H3. The van der Waals surface area contributed by atoms with Gasteiger partial charge in [0.2, 0.25) is 0 Å². The molecule has 0 aliphatic rings. The minimum absolute atomic E-state index is 0.0734. The second kappa shape index (κ2) is 8.41. The van der Waals surface area contributed by atoms with Crippen LogP contribution in [0.15, 0.2) is 36.5 Å². The number of esters is 1. The van der Waals surface area contributed by atoms with Gasteiger partial charge in [-0.05, 0) is 44.0 Å². The second-order valence-corrected chi connectivity index (χ2v) is 7.42. The van der Waals surface area contributed by atoms with Gasteiger partial charge in [-0.1, -0.05) is 29.8 Å². The zero-order chi connectivity index (χ0) is 19.3. The summed E-state index contributed by atoms with van der Waals surface area (Å²) >= 11 is 5.79. The lowest BCUT2D eigenvalue weighted by Gasteiger charge is -2.20. The van der Waals surface area contributed by atoms with Gasteiger partial charge in [0, 0.05) is 12.6 Å². The van der Waals surface area contributed by atoms with Crippen molar-refractivity contribution in [2.45, 2.75) is 45.1 Å². The molecular weight excluding hydrogens is 357 g/mol. The third-order valence-electron chi connectivity index (χ3n) is 3.62. The van der Waals surface area contributed by atoms with Crippen molar-refractivity contribution >= 4 is 23.9 Å². The lowest BCUT2D eigenvalue weighted by atomic mass is 10.0. The van der Waals surface area contributed by atoms with E-state index in [1.54, 1.807) is 51.2 Å². The fraction of sp³-hybridized carbons (Fsp3) is 0.350. The molecule has 138 valence electrons. The first kappa shape index (κ1) is 20.0. The lowest BCUT2D eigenvalue weighted by Crippen LogP contribution is -2.25. The monoisotopic (exact) mass is 377 g/mol. The molecule has 1 aromatic carbocycles. The molecule has 0 amide bonds. The van der Waals surface area contributed by atoms with Crippen LogP contribution in [0.1, 0.15) is 49.9 Å². The van der Waals surface area contributed by atoms with Gasteiger partial charge in [-0.2, -0.15) is 0 Å². The number of carbonyl (C=O) groups excluding carboxylic acids is 2. The maximum absolute atomic E-state index is 14.0. The van der Waals surface area contributed by atoms with Crippen LogP contribution in [0.3, 0.4) is 0 Å². The topological polar surface area (TPSA) is 56.3 Å². The van der Waals surface area contributed by atoms with Crippen LogP contribution in [0, 0.1) is 5.82 Å². The van der Waals surface area contributed by atoms with Crippen molar-refractivity contribution in [3.8, 4) is 0 Å². The van der Waals surface area contributed by atoms with Gasteiger partial charge in [0.15, 0.2) is 0 Å². The molecule has 4 nitrogen and oxygen atoms in total. The zero-order valence-corrected chi connectivity index (χ0v) is 15.7. The summed E-state index contributed by atoms with van der Waals surface area (Å²) in [6.07, 6.45) is 2.51. The largest absolute Gasteiger partial charge is 0.460 e. The molecule has 1 atom stereocenters. The molecule has 0 spiro atoms. The number of nitrogens with zero attached hydrogens (tertiary/aromatic N) is 1. The summed E-state index contributed by atoms with van der Waals surface area (Å²) in [6, 6.07) is 8.26. The Morgan fingerprint density at radius 3 is 2.62 bits per heavy atom. The van der Waals surface area contributed by atoms with Crippen LogP contribution in [0.4, 0.5) is 4.39 Å². The predicted molar refractivity (Wildman–Crippen MR) is 97.7 cm³/mol. The second-order valence-electron chi connectivity index (χ2n) is 7.01. The summed E-state index contributed by atoms with van der Waals surface area (Å²) in [6.45, 7) is 5.30. The highest BCUT2D eigenvalue weighted by Gasteiger charge is 2.22. The average molecular weight is 378 g/mol. The van der Waals surface area contributed by atoms with E-state index in [-0.39, 0.29) is 11.4 Å². The van der Waals surface area contributed by atoms with Gasteiger partial charge < -0.3 is 9.53 Å². The van der Waals surface area contributed by atoms with E-state index in [1.165, 1.54) is 6.07 Å². The van der Waals surface area contributed by atoms with E-state index in [0.717, 1.165) is 5.56 Å². The Bertz CT molecular complexity index is 785. The number of benzene rings is 1. The Hall–Kier alpha value is -2.27. The number of aldehydes is 1. The summed E-state index contributed by atoms with van der Waals surface area (Å²) in [7, 11) is 0. The average Bonchev–Trinajstić information content (AvgIpc) is 2.56. The van der Waals surface area contributed by atoms with E-state index < -0.39 is 23.3 Å². The van der Waals surface area contributed by atoms with Gasteiger partial charge in [0.05, 0.1) is 23.1 Å². The van der Waals surface area contributed by atoms with Gasteiger partial charge in [0.1, 0.15) is 17.7 Å². The summed E-state index contributed by atoms with van der Waals surface area (Å²) in [5.74, 6) is -1.59. The smallest absolute Gasteiger partial charge is 0.307 e. The van der Waals surface area contributed by atoms with E-state index in [1.807, 2.05) is 0 Å². The summed E-state index contributed by atoms with van der Waals surface area (Å²) in [5, 5.41) is 0.0745. The minimum atomic E-state index is -0.679. The van der Waals surface area contributed by atoms with Crippen LogP contribution in [0.5, 0.6) is 0 Å². The Kier molecular flexibility index (Phi) is 6.48. The van der Waals surface area contributed by atoms with Crippen molar-refractivity contribution in [2.24, 2.45) is 0 Å². The maximum Gasteiger partial charge on any atom is 0.307 e. The van der Waals surface area contributed by atoms with Crippen LogP contribution in [-0.2, 0) is 20.7 Å². The normalized spacial score (nSPS) is 12.5. The number of ether oxygens (including phenoxy) is 1. The molecule has 1 heterocycles. The van der Waals surface area contributed by atoms with Crippen molar-refractivity contribution in [3.05, 3.63) is 64.2 Å². The fourth-order valence-electron chi connectivity index (χ4n) is 2.45. The number of carbonyl (C=O) groups is 2. The number of aromatic nitrogens is 1. The number of hydrogen-bond acceptors (Lipinski definition) is 4. The van der Waals surface area contributed by atoms with Crippen molar-refractivity contribution in [1.82, 2.24) is 4.98 Å². The van der Waals surface area contributed by atoms with E-state index in [9.17, 15) is 14.0 Å². The maximum atomic E-state index is 14.0. The van der Waals surface area contributed by atoms with Gasteiger partial charge in [-0.3, -0.25) is 9.78 Å². The third kappa shape index (κ3) is 5.63. The van der Waals surface area contributed by atoms with Gasteiger partial charge in [-0.25, -0.2) is 4.39 Å². The molecule has 0 saturated heterocycles. The fourth-order valence-corrected chi connectivity index (χ4v) is 2.64. The molecule has 0 aliphatic carbocycles. The molecular formula is C20H21ClFNO3. The Morgan fingerprint density at radius 2 is 2.04 bits per heavy atom. The Morgan fingerprint density at radius 1 is 1.31 bits per heavy atom. The van der Waals surface area contributed by atoms with Gasteiger partial charge in [-0.15, -0.1) is 0 Å². The molecule has 0 bridgehead atoms. The molecule has 0 aliphatic heterocycles. The number of hydrogen-bond donors (Lipinski definition) is 0. The Balaban J connectivity index is 2.08.